The van der Waals surface area contributed by atoms with Gasteiger partial charge < -0.3 is 4.57 Å². The summed E-state index contributed by atoms with van der Waals surface area (Å²) < 4.78 is 2.28. The fourth-order valence-electron chi connectivity index (χ4n) is 2.65. The van der Waals surface area contributed by atoms with E-state index >= 15 is 0 Å². The topological polar surface area (TPSA) is 30.7 Å². The molecule has 102 valence electrons. The van der Waals surface area contributed by atoms with Crippen molar-refractivity contribution in [1.29, 1.82) is 0 Å². The normalized spacial score (nSPS) is 21.7. The Bertz CT molecular complexity index is 588. The zero-order valence-electron chi connectivity index (χ0n) is 11.3. The Balaban J connectivity index is 2.17. The molecule has 19 heavy (non-hydrogen) atoms. The third kappa shape index (κ3) is 2.48. The van der Waals surface area contributed by atoms with Crippen molar-refractivity contribution < 1.29 is 0 Å². The number of alkyl halides is 1. The molecule has 0 N–H and O–H groups in total. The van der Waals surface area contributed by atoms with Crippen LogP contribution in [0.2, 0.25) is 0 Å². The lowest BCUT2D eigenvalue weighted by Gasteiger charge is -2.25. The first-order valence-corrected chi connectivity index (χ1v) is 8.33. The molecule has 0 aliphatic carbocycles. The van der Waals surface area contributed by atoms with E-state index in [2.05, 4.69) is 14.5 Å². The van der Waals surface area contributed by atoms with Crippen molar-refractivity contribution >= 4 is 34.5 Å². The van der Waals surface area contributed by atoms with Crippen LogP contribution in [-0.2, 0) is 0 Å². The van der Waals surface area contributed by atoms with Crippen molar-refractivity contribution in [2.75, 3.05) is 11.5 Å². The van der Waals surface area contributed by atoms with E-state index in [4.69, 9.17) is 11.6 Å². The first-order chi connectivity index (χ1) is 9.16. The van der Waals surface area contributed by atoms with Crippen molar-refractivity contribution in [3.63, 3.8) is 0 Å². The molecule has 1 fully saturated rings. The Morgan fingerprint density at radius 2 is 2.26 bits per heavy atom. The zero-order chi connectivity index (χ0) is 13.4. The maximum absolute atomic E-state index is 6.32. The van der Waals surface area contributed by atoms with E-state index in [0.717, 1.165) is 28.4 Å². The van der Waals surface area contributed by atoms with Crippen LogP contribution in [0, 0.1) is 6.92 Å². The summed E-state index contributed by atoms with van der Waals surface area (Å²) in [6.45, 7) is 4.01. The van der Waals surface area contributed by atoms with E-state index in [1.54, 1.807) is 0 Å². The number of rotatable bonds is 2. The second-order valence-electron chi connectivity index (χ2n) is 5.12. The van der Waals surface area contributed by atoms with Crippen molar-refractivity contribution in [2.45, 2.75) is 38.1 Å². The van der Waals surface area contributed by atoms with Crippen molar-refractivity contribution in [1.82, 2.24) is 14.5 Å². The summed E-state index contributed by atoms with van der Waals surface area (Å²) in [6, 6.07) is 4.54. The minimum atomic E-state index is -0.0820. The molecule has 1 aliphatic rings. The van der Waals surface area contributed by atoms with Gasteiger partial charge in [0, 0.05) is 17.5 Å². The molecule has 3 nitrogen and oxygen atoms in total. The van der Waals surface area contributed by atoms with E-state index in [-0.39, 0.29) is 5.38 Å². The third-order valence-corrected chi connectivity index (χ3v) is 4.95. The van der Waals surface area contributed by atoms with E-state index in [1.807, 2.05) is 37.7 Å². The average Bonchev–Trinajstić information content (AvgIpc) is 2.78. The monoisotopic (exact) mass is 295 g/mol. The van der Waals surface area contributed by atoms with Crippen LogP contribution in [0.4, 0.5) is 0 Å². The van der Waals surface area contributed by atoms with Crippen LogP contribution in [0.1, 0.15) is 42.7 Å². The molecule has 0 saturated carbocycles. The Hall–Kier alpha value is -0.740. The molecule has 2 unspecified atom stereocenters. The average molecular weight is 296 g/mol. The van der Waals surface area contributed by atoms with Crippen LogP contribution < -0.4 is 0 Å². The van der Waals surface area contributed by atoms with Crippen molar-refractivity contribution in [3.05, 3.63) is 23.7 Å². The van der Waals surface area contributed by atoms with Gasteiger partial charge in [-0.3, -0.25) is 0 Å². The van der Waals surface area contributed by atoms with Gasteiger partial charge in [-0.25, -0.2) is 9.97 Å². The molecule has 2 aromatic heterocycles. The predicted octanol–water partition coefficient (Wildman–Crippen LogP) is 4.11. The Labute approximate surface area is 122 Å². The van der Waals surface area contributed by atoms with Crippen LogP contribution in [0.5, 0.6) is 0 Å². The fourth-order valence-corrected chi connectivity index (χ4v) is 3.93. The Kier molecular flexibility index (Phi) is 3.72. The number of thioether (sulfide) groups is 1. The quantitative estimate of drug-likeness (QED) is 0.781. The molecule has 2 aromatic rings. The molecule has 0 radical (unpaired) electrons. The first-order valence-electron chi connectivity index (χ1n) is 6.74. The number of nitrogens with zero attached hydrogens (tertiary/aromatic N) is 3. The maximum Gasteiger partial charge on any atom is 0.160 e. The highest BCUT2D eigenvalue weighted by molar-refractivity contribution is 7.99. The largest absolute Gasteiger partial charge is 0.307 e. The number of hydrogen-bond acceptors (Lipinski definition) is 3. The standard InChI is InChI=1S/C14H18ClN3S/c1-9-5-6-12-14(16-9)18(13(17-12)10(2)15)11-4-3-7-19-8-11/h5-6,10-11H,3-4,7-8H2,1-2H3. The summed E-state index contributed by atoms with van der Waals surface area (Å²) in [7, 11) is 0. The summed E-state index contributed by atoms with van der Waals surface area (Å²) >= 11 is 8.34. The van der Waals surface area contributed by atoms with Crippen molar-refractivity contribution in [2.24, 2.45) is 0 Å². The highest BCUT2D eigenvalue weighted by Gasteiger charge is 2.24. The highest BCUT2D eigenvalue weighted by Crippen LogP contribution is 2.33. The van der Waals surface area contributed by atoms with E-state index in [1.165, 1.54) is 18.6 Å². The molecular weight excluding hydrogens is 278 g/mol. The van der Waals surface area contributed by atoms with Gasteiger partial charge in [0.15, 0.2) is 5.65 Å². The van der Waals surface area contributed by atoms with E-state index in [0.29, 0.717) is 6.04 Å². The van der Waals surface area contributed by atoms with Gasteiger partial charge in [0.05, 0.1) is 5.38 Å². The number of pyridine rings is 1. The Morgan fingerprint density at radius 3 is 2.95 bits per heavy atom. The van der Waals surface area contributed by atoms with Crippen LogP contribution in [0.15, 0.2) is 12.1 Å². The van der Waals surface area contributed by atoms with Gasteiger partial charge in [-0.2, -0.15) is 11.8 Å². The molecule has 0 bridgehead atoms. The molecule has 1 aliphatic heterocycles. The lowest BCUT2D eigenvalue weighted by molar-refractivity contribution is 0.491. The van der Waals surface area contributed by atoms with Crippen LogP contribution in [0.25, 0.3) is 11.2 Å². The van der Waals surface area contributed by atoms with Gasteiger partial charge in [0.1, 0.15) is 11.3 Å². The van der Waals surface area contributed by atoms with E-state index < -0.39 is 0 Å². The molecule has 0 spiro atoms. The van der Waals surface area contributed by atoms with Crippen LogP contribution >= 0.6 is 23.4 Å². The van der Waals surface area contributed by atoms with Gasteiger partial charge in [0.2, 0.25) is 0 Å². The summed E-state index contributed by atoms with van der Waals surface area (Å²) in [5.74, 6) is 3.36. The SMILES string of the molecule is Cc1ccc2nc(C(C)Cl)n(C3CCCSC3)c2n1. The second kappa shape index (κ2) is 5.33. The molecule has 3 heterocycles. The zero-order valence-corrected chi connectivity index (χ0v) is 12.8. The number of imidazole rings is 1. The van der Waals surface area contributed by atoms with E-state index in [9.17, 15) is 0 Å². The van der Waals surface area contributed by atoms with Gasteiger partial charge >= 0.3 is 0 Å². The highest BCUT2D eigenvalue weighted by atomic mass is 35.5. The van der Waals surface area contributed by atoms with Gasteiger partial charge in [-0.05, 0) is 44.6 Å². The number of halogens is 1. The summed E-state index contributed by atoms with van der Waals surface area (Å²) in [6.07, 6.45) is 2.46. The van der Waals surface area contributed by atoms with Crippen LogP contribution in [-0.4, -0.2) is 26.0 Å². The summed E-state index contributed by atoms with van der Waals surface area (Å²) in [5.41, 5.74) is 2.99. The first kappa shape index (κ1) is 13.3. The summed E-state index contributed by atoms with van der Waals surface area (Å²) in [4.78, 5) is 9.37. The molecule has 0 amide bonds. The Morgan fingerprint density at radius 1 is 1.42 bits per heavy atom. The third-order valence-electron chi connectivity index (χ3n) is 3.56. The number of hydrogen-bond donors (Lipinski definition) is 0. The van der Waals surface area contributed by atoms with Gasteiger partial charge in [-0.15, -0.1) is 11.6 Å². The fraction of sp³-hybridized carbons (Fsp3) is 0.571. The minimum absolute atomic E-state index is 0.0820. The minimum Gasteiger partial charge on any atom is -0.307 e. The lowest BCUT2D eigenvalue weighted by Crippen LogP contribution is -2.19. The predicted molar refractivity (Wildman–Crippen MR) is 82.1 cm³/mol. The maximum atomic E-state index is 6.32. The number of aryl methyl sites for hydroxylation is 1. The van der Waals surface area contributed by atoms with Crippen molar-refractivity contribution in [3.8, 4) is 0 Å². The second-order valence-corrected chi connectivity index (χ2v) is 6.93. The molecule has 5 heteroatoms. The van der Waals surface area contributed by atoms with Crippen LogP contribution in [0.3, 0.4) is 0 Å². The molecular formula is C14H18ClN3S. The van der Waals surface area contributed by atoms with Gasteiger partial charge in [0.25, 0.3) is 0 Å². The van der Waals surface area contributed by atoms with Gasteiger partial charge in [-0.1, -0.05) is 0 Å². The molecule has 0 aromatic carbocycles. The molecule has 2 atom stereocenters. The molecule has 1 saturated heterocycles. The summed E-state index contributed by atoms with van der Waals surface area (Å²) in [5, 5.41) is -0.0820. The molecule has 3 rings (SSSR count). The number of fused-ring (bicyclic) bond motifs is 1. The number of aromatic nitrogens is 3. The lowest BCUT2D eigenvalue weighted by atomic mass is 10.1. The smallest absolute Gasteiger partial charge is 0.160 e.